The molecule has 0 fully saturated rings. The van der Waals surface area contributed by atoms with Gasteiger partial charge in [0.05, 0.1) is 11.3 Å². The first kappa shape index (κ1) is 13.2. The molecule has 0 radical (unpaired) electrons. The summed E-state index contributed by atoms with van der Waals surface area (Å²) < 4.78 is 42.4. The normalized spacial score (nSPS) is 11.3. The van der Waals surface area contributed by atoms with Gasteiger partial charge in [0.1, 0.15) is 18.2 Å². The van der Waals surface area contributed by atoms with Crippen molar-refractivity contribution in [3.05, 3.63) is 53.7 Å². The van der Waals surface area contributed by atoms with E-state index in [-0.39, 0.29) is 6.61 Å². The van der Waals surface area contributed by atoms with Crippen molar-refractivity contribution < 1.29 is 17.9 Å². The van der Waals surface area contributed by atoms with Crippen LogP contribution in [0.25, 0.3) is 0 Å². The minimum absolute atomic E-state index is 0.149. The summed E-state index contributed by atoms with van der Waals surface area (Å²) in [6.45, 7) is 0.149. The predicted molar refractivity (Wildman–Crippen MR) is 64.4 cm³/mol. The molecule has 0 atom stereocenters. The Labute approximate surface area is 107 Å². The van der Waals surface area contributed by atoms with Gasteiger partial charge in [-0.2, -0.15) is 13.2 Å². The summed E-state index contributed by atoms with van der Waals surface area (Å²) in [5.41, 5.74) is 5.41. The first-order valence-corrected chi connectivity index (χ1v) is 5.46. The summed E-state index contributed by atoms with van der Waals surface area (Å²) in [5.74, 6) is 0.714. The number of benzene rings is 1. The fourth-order valence-corrected chi connectivity index (χ4v) is 1.48. The van der Waals surface area contributed by atoms with Crippen LogP contribution in [-0.2, 0) is 12.8 Å². The first-order valence-electron chi connectivity index (χ1n) is 5.46. The lowest BCUT2D eigenvalue weighted by atomic mass is 10.2. The molecule has 3 nitrogen and oxygen atoms in total. The Morgan fingerprint density at radius 1 is 1.05 bits per heavy atom. The molecule has 2 aromatic rings. The highest BCUT2D eigenvalue weighted by Crippen LogP contribution is 2.30. The maximum atomic E-state index is 12.4. The van der Waals surface area contributed by atoms with Crippen LogP contribution in [-0.4, -0.2) is 4.98 Å². The van der Waals surface area contributed by atoms with E-state index in [9.17, 15) is 13.2 Å². The van der Waals surface area contributed by atoms with E-state index in [2.05, 4.69) is 4.98 Å². The summed E-state index contributed by atoms with van der Waals surface area (Å²) >= 11 is 0. The second-order valence-corrected chi connectivity index (χ2v) is 3.86. The van der Waals surface area contributed by atoms with Crippen molar-refractivity contribution in [3.63, 3.8) is 0 Å². The number of hydrogen-bond donors (Lipinski definition) is 1. The minimum atomic E-state index is -4.34. The molecule has 1 aromatic carbocycles. The monoisotopic (exact) mass is 268 g/mol. The lowest BCUT2D eigenvalue weighted by molar-refractivity contribution is -0.137. The first-order chi connectivity index (χ1) is 8.95. The summed E-state index contributed by atoms with van der Waals surface area (Å²) in [4.78, 5) is 4.02. The number of alkyl halides is 3. The molecule has 0 unspecified atom stereocenters. The van der Waals surface area contributed by atoms with Gasteiger partial charge in [0.15, 0.2) is 0 Å². The average Bonchev–Trinajstić information content (AvgIpc) is 2.36. The Kier molecular flexibility index (Phi) is 3.59. The van der Waals surface area contributed by atoms with Crippen LogP contribution in [0.1, 0.15) is 11.3 Å². The van der Waals surface area contributed by atoms with Crippen LogP contribution < -0.4 is 10.5 Å². The lowest BCUT2D eigenvalue weighted by Gasteiger charge is -2.09. The Morgan fingerprint density at radius 3 is 2.32 bits per heavy atom. The van der Waals surface area contributed by atoms with Crippen LogP contribution >= 0.6 is 0 Å². The average molecular weight is 268 g/mol. The molecule has 100 valence electrons. The van der Waals surface area contributed by atoms with Crippen LogP contribution in [0.2, 0.25) is 0 Å². The van der Waals surface area contributed by atoms with Gasteiger partial charge in [0.25, 0.3) is 0 Å². The molecule has 0 aliphatic heterocycles. The summed E-state index contributed by atoms with van der Waals surface area (Å²) in [6, 6.07) is 9.59. The molecule has 0 bridgehead atoms. The third kappa shape index (κ3) is 3.61. The van der Waals surface area contributed by atoms with Crippen molar-refractivity contribution in [2.75, 3.05) is 5.73 Å². The molecule has 0 aliphatic carbocycles. The number of ether oxygens (including phenoxy) is 1. The molecule has 1 aromatic heterocycles. The highest BCUT2D eigenvalue weighted by Gasteiger charge is 2.29. The Hall–Kier alpha value is -2.24. The molecule has 19 heavy (non-hydrogen) atoms. The number of nitrogen functional groups attached to an aromatic ring is 1. The summed E-state index contributed by atoms with van der Waals surface area (Å²) in [7, 11) is 0. The van der Waals surface area contributed by atoms with E-state index in [0.717, 1.165) is 12.1 Å². The van der Waals surface area contributed by atoms with E-state index in [4.69, 9.17) is 10.5 Å². The molecule has 0 saturated heterocycles. The smallest absolute Gasteiger partial charge is 0.416 e. The number of nitrogens with zero attached hydrogens (tertiary/aromatic N) is 1. The zero-order chi connectivity index (χ0) is 13.9. The Bertz CT molecular complexity index is 553. The van der Waals surface area contributed by atoms with Gasteiger partial charge in [-0.05, 0) is 36.4 Å². The second-order valence-electron chi connectivity index (χ2n) is 3.86. The van der Waals surface area contributed by atoms with Gasteiger partial charge in [-0.1, -0.05) is 6.07 Å². The molecule has 2 N–H and O–H groups in total. The van der Waals surface area contributed by atoms with Crippen molar-refractivity contribution in [2.45, 2.75) is 12.8 Å². The maximum absolute atomic E-state index is 12.4. The van der Waals surface area contributed by atoms with Gasteiger partial charge < -0.3 is 10.5 Å². The SMILES string of the molecule is Nc1cccc(COc2ccc(C(F)(F)F)cc2)n1. The second kappa shape index (κ2) is 5.17. The molecule has 0 spiro atoms. The third-order valence-electron chi connectivity index (χ3n) is 2.40. The predicted octanol–water partition coefficient (Wildman–Crippen LogP) is 3.26. The fourth-order valence-electron chi connectivity index (χ4n) is 1.48. The highest BCUT2D eigenvalue weighted by atomic mass is 19.4. The largest absolute Gasteiger partial charge is 0.487 e. The fraction of sp³-hybridized carbons (Fsp3) is 0.154. The van der Waals surface area contributed by atoms with Crippen molar-refractivity contribution in [3.8, 4) is 5.75 Å². The van der Waals surface area contributed by atoms with Crippen molar-refractivity contribution in [2.24, 2.45) is 0 Å². The van der Waals surface area contributed by atoms with E-state index in [1.807, 2.05) is 0 Å². The van der Waals surface area contributed by atoms with E-state index in [0.29, 0.717) is 17.3 Å². The van der Waals surface area contributed by atoms with Crippen molar-refractivity contribution in [1.29, 1.82) is 0 Å². The van der Waals surface area contributed by atoms with Gasteiger partial charge in [0.2, 0.25) is 0 Å². The number of nitrogens with two attached hydrogens (primary N) is 1. The molecule has 6 heteroatoms. The Balaban J connectivity index is 2.01. The zero-order valence-electron chi connectivity index (χ0n) is 9.82. The van der Waals surface area contributed by atoms with Crippen LogP contribution in [0.15, 0.2) is 42.5 Å². The van der Waals surface area contributed by atoms with Gasteiger partial charge >= 0.3 is 6.18 Å². The van der Waals surface area contributed by atoms with E-state index in [1.54, 1.807) is 18.2 Å². The summed E-state index contributed by atoms with van der Waals surface area (Å²) in [5, 5.41) is 0. The van der Waals surface area contributed by atoms with E-state index >= 15 is 0 Å². The van der Waals surface area contributed by atoms with Gasteiger partial charge in [-0.15, -0.1) is 0 Å². The summed E-state index contributed by atoms with van der Waals surface area (Å²) in [6.07, 6.45) is -4.34. The molecular formula is C13H11F3N2O. The van der Waals surface area contributed by atoms with E-state index < -0.39 is 11.7 Å². The van der Waals surface area contributed by atoms with Crippen LogP contribution in [0.4, 0.5) is 19.0 Å². The maximum Gasteiger partial charge on any atom is 0.416 e. The number of aromatic nitrogens is 1. The van der Waals surface area contributed by atoms with Gasteiger partial charge in [-0.25, -0.2) is 4.98 Å². The minimum Gasteiger partial charge on any atom is -0.487 e. The molecular weight excluding hydrogens is 257 g/mol. The van der Waals surface area contributed by atoms with Crippen LogP contribution in [0, 0.1) is 0 Å². The lowest BCUT2D eigenvalue weighted by Crippen LogP contribution is -2.05. The van der Waals surface area contributed by atoms with Crippen LogP contribution in [0.3, 0.4) is 0 Å². The zero-order valence-corrected chi connectivity index (χ0v) is 9.82. The van der Waals surface area contributed by atoms with Crippen molar-refractivity contribution in [1.82, 2.24) is 4.98 Å². The highest BCUT2D eigenvalue weighted by molar-refractivity contribution is 5.30. The molecule has 0 amide bonds. The van der Waals surface area contributed by atoms with Crippen LogP contribution in [0.5, 0.6) is 5.75 Å². The molecule has 1 heterocycles. The third-order valence-corrected chi connectivity index (χ3v) is 2.40. The van der Waals surface area contributed by atoms with Gasteiger partial charge in [-0.3, -0.25) is 0 Å². The quantitative estimate of drug-likeness (QED) is 0.929. The molecule has 0 aliphatic rings. The molecule has 2 rings (SSSR count). The molecule has 0 saturated carbocycles. The standard InChI is InChI=1S/C13H11F3N2O/c14-13(15,16)9-4-6-11(7-5-9)19-8-10-2-1-3-12(17)18-10/h1-7H,8H2,(H2,17,18). The topological polar surface area (TPSA) is 48.1 Å². The number of pyridine rings is 1. The van der Waals surface area contributed by atoms with Crippen molar-refractivity contribution >= 4 is 5.82 Å². The number of anilines is 1. The number of rotatable bonds is 3. The van der Waals surface area contributed by atoms with E-state index in [1.165, 1.54) is 12.1 Å². The number of halogens is 3. The Morgan fingerprint density at radius 2 is 1.74 bits per heavy atom. The number of hydrogen-bond acceptors (Lipinski definition) is 3. The van der Waals surface area contributed by atoms with Gasteiger partial charge in [0, 0.05) is 0 Å².